The summed E-state index contributed by atoms with van der Waals surface area (Å²) in [6.45, 7) is 2.52. The van der Waals surface area contributed by atoms with Crippen LogP contribution in [0.25, 0.3) is 11.0 Å². The molecule has 8 heteroatoms. The number of nitrogens with zero attached hydrogens (tertiary/aromatic N) is 7. The maximum atomic E-state index is 5.78. The Bertz CT molecular complexity index is 1100. The lowest BCUT2D eigenvalue weighted by Crippen LogP contribution is -2.35. The van der Waals surface area contributed by atoms with Crippen molar-refractivity contribution in [1.82, 2.24) is 29.9 Å². The molecule has 1 aromatic carbocycles. The minimum atomic E-state index is -0.0793. The summed E-state index contributed by atoms with van der Waals surface area (Å²) in [6.07, 6.45) is 4.17. The first-order chi connectivity index (χ1) is 12.7. The fourth-order valence-corrected chi connectivity index (χ4v) is 3.59. The maximum Gasteiger partial charge on any atom is 0.239 e. The van der Waals surface area contributed by atoms with Gasteiger partial charge in [0, 0.05) is 26.9 Å². The zero-order valence-corrected chi connectivity index (χ0v) is 14.5. The molecule has 0 saturated carbocycles. The summed E-state index contributed by atoms with van der Waals surface area (Å²) in [4.78, 5) is 11.1. The second kappa shape index (κ2) is 5.62. The number of benzene rings is 1. The molecular weight excluding hydrogens is 330 g/mol. The number of aromatic nitrogens is 6. The number of hydrogen-bond donors (Lipinski definition) is 0. The van der Waals surface area contributed by atoms with Gasteiger partial charge in [-0.25, -0.2) is 9.97 Å². The number of hydrogen-bond acceptors (Lipinski definition) is 7. The SMILES string of the molecule is Cc1nnc([C@@H]2Cc3ccccc3CN2c2ncnc3c2cnn3C)o1. The summed E-state index contributed by atoms with van der Waals surface area (Å²) >= 11 is 0. The summed E-state index contributed by atoms with van der Waals surface area (Å²) in [5.74, 6) is 2.00. The van der Waals surface area contributed by atoms with Gasteiger partial charge in [-0.05, 0) is 11.1 Å². The zero-order valence-electron chi connectivity index (χ0n) is 14.5. The van der Waals surface area contributed by atoms with E-state index in [1.54, 1.807) is 17.2 Å². The second-order valence-corrected chi connectivity index (χ2v) is 6.48. The molecule has 26 heavy (non-hydrogen) atoms. The van der Waals surface area contributed by atoms with Crippen LogP contribution in [0.15, 0.2) is 41.2 Å². The van der Waals surface area contributed by atoms with Crippen LogP contribution in [-0.2, 0) is 20.0 Å². The minimum Gasteiger partial charge on any atom is -0.423 e. The Morgan fingerprint density at radius 3 is 2.77 bits per heavy atom. The van der Waals surface area contributed by atoms with E-state index >= 15 is 0 Å². The lowest BCUT2D eigenvalue weighted by molar-refractivity contribution is 0.403. The summed E-state index contributed by atoms with van der Waals surface area (Å²) in [6, 6.07) is 8.36. The first-order valence-electron chi connectivity index (χ1n) is 8.47. The van der Waals surface area contributed by atoms with Gasteiger partial charge >= 0.3 is 0 Å². The minimum absolute atomic E-state index is 0.0793. The number of fused-ring (bicyclic) bond motifs is 2. The quantitative estimate of drug-likeness (QED) is 0.550. The molecule has 4 heterocycles. The Balaban J connectivity index is 1.68. The van der Waals surface area contributed by atoms with Crippen molar-refractivity contribution < 1.29 is 4.42 Å². The Kier molecular flexibility index (Phi) is 3.24. The van der Waals surface area contributed by atoms with Gasteiger partial charge in [-0.3, -0.25) is 4.68 Å². The molecule has 130 valence electrons. The Morgan fingerprint density at radius 1 is 1.12 bits per heavy atom. The molecule has 0 bridgehead atoms. The van der Waals surface area contributed by atoms with Gasteiger partial charge in [-0.15, -0.1) is 10.2 Å². The van der Waals surface area contributed by atoms with Gasteiger partial charge in [0.2, 0.25) is 11.8 Å². The summed E-state index contributed by atoms with van der Waals surface area (Å²) in [5, 5.41) is 13.5. The fourth-order valence-electron chi connectivity index (χ4n) is 3.59. The van der Waals surface area contributed by atoms with Crippen molar-refractivity contribution in [2.24, 2.45) is 7.05 Å². The molecule has 0 radical (unpaired) electrons. The molecule has 0 N–H and O–H groups in total. The standard InChI is InChI=1S/C18H17N7O/c1-11-22-23-18(26-11)15-7-12-5-3-4-6-13(12)9-25(15)17-14-8-21-24(2)16(14)19-10-20-17/h3-6,8,10,15H,7,9H2,1-2H3/t15-/m0/s1. The Hall–Kier alpha value is -3.29. The third kappa shape index (κ3) is 2.26. The Morgan fingerprint density at radius 2 is 1.96 bits per heavy atom. The lowest BCUT2D eigenvalue weighted by atomic mass is 9.93. The fraction of sp³-hybridized carbons (Fsp3) is 0.278. The lowest BCUT2D eigenvalue weighted by Gasteiger charge is -2.36. The van der Waals surface area contributed by atoms with E-state index in [2.05, 4.69) is 54.4 Å². The van der Waals surface area contributed by atoms with Crippen molar-refractivity contribution in [1.29, 1.82) is 0 Å². The smallest absolute Gasteiger partial charge is 0.239 e. The van der Waals surface area contributed by atoms with Gasteiger partial charge in [0.1, 0.15) is 18.2 Å². The average Bonchev–Trinajstić information content (AvgIpc) is 3.27. The van der Waals surface area contributed by atoms with Gasteiger partial charge in [0.05, 0.1) is 11.6 Å². The highest BCUT2D eigenvalue weighted by Crippen LogP contribution is 2.37. The molecule has 0 unspecified atom stereocenters. The number of aryl methyl sites for hydroxylation is 2. The molecular formula is C18H17N7O. The molecule has 0 fully saturated rings. The first-order valence-corrected chi connectivity index (χ1v) is 8.47. The summed E-state index contributed by atoms with van der Waals surface area (Å²) < 4.78 is 7.53. The molecule has 1 aliphatic rings. The van der Waals surface area contributed by atoms with Crippen LogP contribution in [0.4, 0.5) is 5.82 Å². The topological polar surface area (TPSA) is 85.8 Å². The van der Waals surface area contributed by atoms with Crippen LogP contribution in [0.1, 0.15) is 29.0 Å². The van der Waals surface area contributed by atoms with E-state index in [1.807, 2.05) is 14.0 Å². The summed E-state index contributed by atoms with van der Waals surface area (Å²) in [7, 11) is 1.88. The van der Waals surface area contributed by atoms with Crippen LogP contribution in [0.2, 0.25) is 0 Å². The predicted molar refractivity (Wildman–Crippen MR) is 94.4 cm³/mol. The summed E-state index contributed by atoms with van der Waals surface area (Å²) in [5.41, 5.74) is 3.37. The van der Waals surface area contributed by atoms with Crippen molar-refractivity contribution in [2.45, 2.75) is 25.9 Å². The van der Waals surface area contributed by atoms with Crippen LogP contribution in [0.3, 0.4) is 0 Å². The number of anilines is 1. The first kappa shape index (κ1) is 15.0. The molecule has 1 aliphatic heterocycles. The third-order valence-corrected chi connectivity index (χ3v) is 4.86. The molecule has 8 nitrogen and oxygen atoms in total. The second-order valence-electron chi connectivity index (χ2n) is 6.48. The maximum absolute atomic E-state index is 5.78. The highest BCUT2D eigenvalue weighted by Gasteiger charge is 2.33. The normalized spacial score (nSPS) is 16.8. The van der Waals surface area contributed by atoms with E-state index in [4.69, 9.17) is 4.42 Å². The van der Waals surface area contributed by atoms with E-state index in [9.17, 15) is 0 Å². The van der Waals surface area contributed by atoms with Crippen LogP contribution in [-0.4, -0.2) is 29.9 Å². The molecule has 1 atom stereocenters. The van der Waals surface area contributed by atoms with Gasteiger partial charge in [-0.1, -0.05) is 24.3 Å². The van der Waals surface area contributed by atoms with Gasteiger partial charge < -0.3 is 9.32 Å². The van der Waals surface area contributed by atoms with E-state index < -0.39 is 0 Å². The number of rotatable bonds is 2. The van der Waals surface area contributed by atoms with Gasteiger partial charge in [-0.2, -0.15) is 5.10 Å². The highest BCUT2D eigenvalue weighted by molar-refractivity contribution is 5.87. The van der Waals surface area contributed by atoms with Crippen LogP contribution in [0, 0.1) is 6.92 Å². The molecule has 4 aromatic rings. The van der Waals surface area contributed by atoms with Crippen molar-refractivity contribution in [3.63, 3.8) is 0 Å². The van der Waals surface area contributed by atoms with Crippen LogP contribution < -0.4 is 4.90 Å². The molecule has 0 spiro atoms. The van der Waals surface area contributed by atoms with Crippen LogP contribution in [0.5, 0.6) is 0 Å². The average molecular weight is 347 g/mol. The van der Waals surface area contributed by atoms with E-state index in [0.29, 0.717) is 18.3 Å². The van der Waals surface area contributed by atoms with Gasteiger partial charge in [0.25, 0.3) is 0 Å². The van der Waals surface area contributed by atoms with Crippen LogP contribution >= 0.6 is 0 Å². The van der Waals surface area contributed by atoms with E-state index in [1.165, 1.54) is 11.1 Å². The zero-order chi connectivity index (χ0) is 17.7. The largest absolute Gasteiger partial charge is 0.423 e. The highest BCUT2D eigenvalue weighted by atomic mass is 16.4. The van der Waals surface area contributed by atoms with Crippen molar-refractivity contribution in [3.05, 3.63) is 59.7 Å². The third-order valence-electron chi connectivity index (χ3n) is 4.86. The molecule has 0 saturated heterocycles. The molecule has 3 aromatic heterocycles. The van der Waals surface area contributed by atoms with Crippen molar-refractivity contribution in [2.75, 3.05) is 4.90 Å². The monoisotopic (exact) mass is 347 g/mol. The van der Waals surface area contributed by atoms with Crippen molar-refractivity contribution >= 4 is 16.9 Å². The van der Waals surface area contributed by atoms with E-state index in [0.717, 1.165) is 23.3 Å². The van der Waals surface area contributed by atoms with Crippen molar-refractivity contribution in [3.8, 4) is 0 Å². The molecule has 5 rings (SSSR count). The molecule has 0 amide bonds. The molecule has 0 aliphatic carbocycles. The van der Waals surface area contributed by atoms with E-state index in [-0.39, 0.29) is 6.04 Å². The van der Waals surface area contributed by atoms with Gasteiger partial charge in [0.15, 0.2) is 5.65 Å². The Labute approximate surface area is 149 Å². The predicted octanol–water partition coefficient (Wildman–Crippen LogP) is 2.36.